The van der Waals surface area contributed by atoms with Crippen molar-refractivity contribution >= 4 is 11.3 Å². The van der Waals surface area contributed by atoms with Crippen LogP contribution in [0.15, 0.2) is 11.7 Å². The summed E-state index contributed by atoms with van der Waals surface area (Å²) in [6.45, 7) is 4.02. The van der Waals surface area contributed by atoms with Crippen LogP contribution in [0.2, 0.25) is 0 Å². The van der Waals surface area contributed by atoms with Crippen LogP contribution in [0.1, 0.15) is 24.6 Å². The number of thiazole rings is 1. The zero-order valence-electron chi connectivity index (χ0n) is 9.53. The second-order valence-electron chi connectivity index (χ2n) is 3.56. The van der Waals surface area contributed by atoms with Gasteiger partial charge in [0.25, 0.3) is 0 Å². The molecule has 0 amide bonds. The van der Waals surface area contributed by atoms with Gasteiger partial charge >= 0.3 is 0 Å². The number of methoxy groups -OCH3 is 1. The van der Waals surface area contributed by atoms with E-state index in [1.807, 2.05) is 11.7 Å². The van der Waals surface area contributed by atoms with Crippen LogP contribution in [0.3, 0.4) is 0 Å². The Labute approximate surface area is 95.9 Å². The average molecular weight is 228 g/mol. The number of nitrogens with zero attached hydrogens (tertiary/aromatic N) is 1. The van der Waals surface area contributed by atoms with Crippen LogP contribution in [0.25, 0.3) is 0 Å². The monoisotopic (exact) mass is 228 g/mol. The molecule has 0 aliphatic heterocycles. The summed E-state index contributed by atoms with van der Waals surface area (Å²) in [6.07, 6.45) is 5.33. The summed E-state index contributed by atoms with van der Waals surface area (Å²) in [4.78, 5) is 5.46. The van der Waals surface area contributed by atoms with Gasteiger partial charge in [-0.1, -0.05) is 6.92 Å². The molecule has 0 aliphatic rings. The fraction of sp³-hybridized carbons (Fsp3) is 0.727. The average Bonchev–Trinajstić information content (AvgIpc) is 2.71. The summed E-state index contributed by atoms with van der Waals surface area (Å²) < 4.78 is 5.07. The number of ether oxygens (including phenoxy) is 1. The Morgan fingerprint density at radius 3 is 3.07 bits per heavy atom. The van der Waals surface area contributed by atoms with E-state index in [9.17, 15) is 0 Å². The van der Waals surface area contributed by atoms with Crippen LogP contribution in [0.5, 0.6) is 0 Å². The van der Waals surface area contributed by atoms with Gasteiger partial charge in [0.15, 0.2) is 0 Å². The first-order valence-electron chi connectivity index (χ1n) is 5.46. The minimum atomic E-state index is 0.561. The molecule has 1 rings (SSSR count). The van der Waals surface area contributed by atoms with Gasteiger partial charge in [-0.3, -0.25) is 4.98 Å². The van der Waals surface area contributed by atoms with E-state index in [1.54, 1.807) is 18.4 Å². The van der Waals surface area contributed by atoms with E-state index in [0.29, 0.717) is 6.04 Å². The number of rotatable bonds is 8. The molecule has 0 saturated carbocycles. The lowest BCUT2D eigenvalue weighted by atomic mass is 10.1. The normalized spacial score (nSPS) is 12.9. The van der Waals surface area contributed by atoms with Gasteiger partial charge in [0.05, 0.1) is 5.51 Å². The van der Waals surface area contributed by atoms with Gasteiger partial charge in [0.2, 0.25) is 0 Å². The summed E-state index contributed by atoms with van der Waals surface area (Å²) in [5.74, 6) is 0. The lowest BCUT2D eigenvalue weighted by Gasteiger charge is -2.16. The number of nitrogens with one attached hydrogen (secondary N) is 1. The van der Waals surface area contributed by atoms with Gasteiger partial charge in [-0.2, -0.15) is 0 Å². The lowest BCUT2D eigenvalue weighted by Crippen LogP contribution is -2.30. The third-order valence-corrected chi connectivity index (χ3v) is 3.13. The summed E-state index contributed by atoms with van der Waals surface area (Å²) in [5, 5.41) is 3.50. The topological polar surface area (TPSA) is 34.1 Å². The molecule has 1 unspecified atom stereocenters. The van der Waals surface area contributed by atoms with Crippen molar-refractivity contribution in [2.24, 2.45) is 0 Å². The van der Waals surface area contributed by atoms with Gasteiger partial charge in [0, 0.05) is 30.8 Å². The van der Waals surface area contributed by atoms with Crippen molar-refractivity contribution in [3.8, 4) is 0 Å². The highest BCUT2D eigenvalue weighted by Gasteiger charge is 2.08. The van der Waals surface area contributed by atoms with E-state index >= 15 is 0 Å². The second kappa shape index (κ2) is 7.79. The summed E-state index contributed by atoms with van der Waals surface area (Å²) in [5.41, 5.74) is 1.90. The molecule has 0 bridgehead atoms. The zero-order valence-corrected chi connectivity index (χ0v) is 10.3. The molecule has 3 nitrogen and oxygen atoms in total. The zero-order chi connectivity index (χ0) is 10.9. The van der Waals surface area contributed by atoms with Crippen molar-refractivity contribution < 1.29 is 4.74 Å². The molecule has 4 heteroatoms. The van der Waals surface area contributed by atoms with Crippen molar-refractivity contribution in [3.05, 3.63) is 16.6 Å². The fourth-order valence-corrected chi connectivity index (χ4v) is 2.30. The van der Waals surface area contributed by atoms with Gasteiger partial charge in [-0.25, -0.2) is 0 Å². The number of hydrogen-bond donors (Lipinski definition) is 1. The molecule has 0 saturated heterocycles. The fourth-order valence-electron chi connectivity index (χ4n) is 1.62. The predicted molar refractivity (Wildman–Crippen MR) is 64.4 cm³/mol. The molecule has 1 heterocycles. The molecule has 1 atom stereocenters. The van der Waals surface area contributed by atoms with Crippen LogP contribution in [-0.2, 0) is 11.2 Å². The van der Waals surface area contributed by atoms with E-state index in [0.717, 1.165) is 26.0 Å². The summed E-state index contributed by atoms with van der Waals surface area (Å²) >= 11 is 1.73. The third-order valence-electron chi connectivity index (χ3n) is 2.32. The first-order chi connectivity index (χ1) is 7.36. The van der Waals surface area contributed by atoms with Crippen molar-refractivity contribution in [1.29, 1.82) is 0 Å². The first-order valence-corrected chi connectivity index (χ1v) is 6.34. The second-order valence-corrected chi connectivity index (χ2v) is 4.53. The van der Waals surface area contributed by atoms with Gasteiger partial charge in [-0.15, -0.1) is 11.3 Å². The quantitative estimate of drug-likeness (QED) is 0.692. The minimum absolute atomic E-state index is 0.561. The maximum absolute atomic E-state index is 5.07. The van der Waals surface area contributed by atoms with Crippen LogP contribution in [0.4, 0.5) is 0 Å². The summed E-state index contributed by atoms with van der Waals surface area (Å²) in [6, 6.07) is 0.561. The molecule has 1 aromatic rings. The van der Waals surface area contributed by atoms with E-state index in [-0.39, 0.29) is 0 Å². The summed E-state index contributed by atoms with van der Waals surface area (Å²) in [7, 11) is 1.76. The smallest absolute Gasteiger partial charge is 0.0794 e. The highest BCUT2D eigenvalue weighted by molar-refractivity contribution is 7.09. The van der Waals surface area contributed by atoms with Crippen LogP contribution in [-0.4, -0.2) is 31.3 Å². The van der Waals surface area contributed by atoms with Crippen molar-refractivity contribution in [2.75, 3.05) is 20.3 Å². The van der Waals surface area contributed by atoms with Gasteiger partial charge in [-0.05, 0) is 25.8 Å². The Morgan fingerprint density at radius 2 is 2.47 bits per heavy atom. The van der Waals surface area contributed by atoms with Crippen molar-refractivity contribution in [2.45, 2.75) is 32.2 Å². The number of aromatic nitrogens is 1. The largest absolute Gasteiger partial charge is 0.385 e. The Kier molecular flexibility index (Phi) is 6.55. The molecule has 1 aromatic heterocycles. The van der Waals surface area contributed by atoms with Crippen LogP contribution in [0, 0.1) is 0 Å². The molecule has 86 valence electrons. The van der Waals surface area contributed by atoms with Gasteiger partial charge < -0.3 is 10.1 Å². The number of likely N-dealkylation sites (N-methyl/N-ethyl adjacent to an activating group) is 1. The Morgan fingerprint density at radius 1 is 1.60 bits per heavy atom. The van der Waals surface area contributed by atoms with E-state index in [1.165, 1.54) is 11.3 Å². The third kappa shape index (κ3) is 5.25. The maximum atomic E-state index is 5.07. The van der Waals surface area contributed by atoms with E-state index in [2.05, 4.69) is 17.2 Å². The minimum Gasteiger partial charge on any atom is -0.385 e. The highest BCUT2D eigenvalue weighted by atomic mass is 32.1. The molecule has 1 N–H and O–H groups in total. The number of hydrogen-bond acceptors (Lipinski definition) is 4. The van der Waals surface area contributed by atoms with Crippen LogP contribution < -0.4 is 5.32 Å². The predicted octanol–water partition coefficient (Wildman–Crippen LogP) is 2.09. The van der Waals surface area contributed by atoms with Crippen molar-refractivity contribution in [1.82, 2.24) is 10.3 Å². The lowest BCUT2D eigenvalue weighted by molar-refractivity contribution is 0.188. The Balaban J connectivity index is 2.29. The van der Waals surface area contributed by atoms with Gasteiger partial charge in [0.1, 0.15) is 0 Å². The Hall–Kier alpha value is -0.450. The van der Waals surface area contributed by atoms with Crippen LogP contribution >= 0.6 is 11.3 Å². The molecule has 15 heavy (non-hydrogen) atoms. The molecule has 0 fully saturated rings. The SMILES string of the molecule is CCNC(CCCOC)Cc1cncs1. The Bertz CT molecular complexity index is 239. The van der Waals surface area contributed by atoms with E-state index in [4.69, 9.17) is 4.74 Å². The molecular formula is C11H20N2OS. The first kappa shape index (κ1) is 12.6. The molecular weight excluding hydrogens is 208 g/mol. The molecule has 0 aromatic carbocycles. The van der Waals surface area contributed by atoms with Crippen molar-refractivity contribution in [3.63, 3.8) is 0 Å². The maximum Gasteiger partial charge on any atom is 0.0794 e. The molecule has 0 aliphatic carbocycles. The molecule has 0 spiro atoms. The standard InChI is InChI=1S/C11H20N2OS/c1-3-13-10(5-4-6-14-2)7-11-8-12-9-15-11/h8-10,13H,3-7H2,1-2H3. The molecule has 0 radical (unpaired) electrons. The highest BCUT2D eigenvalue weighted by Crippen LogP contribution is 2.11. The van der Waals surface area contributed by atoms with E-state index < -0.39 is 0 Å².